The smallest absolute Gasteiger partial charge is 0.118 e. The molecule has 1 aliphatic heterocycles. The molecule has 3 nitrogen and oxygen atoms in total. The van der Waals surface area contributed by atoms with Crippen molar-refractivity contribution in [3.05, 3.63) is 42.1 Å². The van der Waals surface area contributed by atoms with Crippen molar-refractivity contribution in [3.8, 4) is 5.75 Å². The van der Waals surface area contributed by atoms with Gasteiger partial charge in [0.05, 0.1) is 7.11 Å². The lowest BCUT2D eigenvalue weighted by molar-refractivity contribution is 0.123. The highest BCUT2D eigenvalue weighted by Crippen LogP contribution is 2.24. The van der Waals surface area contributed by atoms with Crippen molar-refractivity contribution in [2.75, 3.05) is 33.3 Å². The van der Waals surface area contributed by atoms with Crippen LogP contribution in [-0.4, -0.2) is 43.1 Å². The molecule has 1 aliphatic rings. The molecule has 19 heavy (non-hydrogen) atoms. The molecule has 0 amide bonds. The van der Waals surface area contributed by atoms with Crippen molar-refractivity contribution >= 4 is 0 Å². The van der Waals surface area contributed by atoms with E-state index in [0.29, 0.717) is 6.04 Å². The Morgan fingerprint density at radius 2 is 1.74 bits per heavy atom. The molecule has 2 rings (SSSR count). The predicted molar refractivity (Wildman–Crippen MR) is 79.4 cm³/mol. The fourth-order valence-electron chi connectivity index (χ4n) is 2.58. The normalized spacial score (nSPS) is 18.2. The highest BCUT2D eigenvalue weighted by Gasteiger charge is 2.21. The lowest BCUT2D eigenvalue weighted by Crippen LogP contribution is -2.46. The molecule has 1 atom stereocenters. The van der Waals surface area contributed by atoms with Crippen LogP contribution in [0.25, 0.3) is 0 Å². The maximum atomic E-state index is 5.20. The number of benzene rings is 1. The molecule has 0 N–H and O–H groups in total. The van der Waals surface area contributed by atoms with Gasteiger partial charge in [-0.2, -0.15) is 0 Å². The first kappa shape index (κ1) is 13.9. The van der Waals surface area contributed by atoms with Crippen molar-refractivity contribution in [2.45, 2.75) is 19.9 Å². The van der Waals surface area contributed by atoms with Gasteiger partial charge in [-0.3, -0.25) is 4.90 Å². The summed E-state index contributed by atoms with van der Waals surface area (Å²) >= 11 is 0. The van der Waals surface area contributed by atoms with Crippen LogP contribution in [0, 0.1) is 0 Å². The number of ether oxygens (including phenoxy) is 1. The molecule has 0 aromatic heterocycles. The third-order valence-corrected chi connectivity index (χ3v) is 4.00. The Labute approximate surface area is 116 Å². The Hall–Kier alpha value is -1.48. The fourth-order valence-corrected chi connectivity index (χ4v) is 2.58. The number of allylic oxidation sites excluding steroid dienone is 1. The molecule has 0 aliphatic carbocycles. The summed E-state index contributed by atoms with van der Waals surface area (Å²) < 4.78 is 5.20. The minimum absolute atomic E-state index is 0.457. The van der Waals surface area contributed by atoms with Crippen LogP contribution in [0.5, 0.6) is 5.75 Å². The van der Waals surface area contributed by atoms with Gasteiger partial charge in [0.1, 0.15) is 5.75 Å². The SMILES string of the molecule is C=C(C)N1CCN(C(C)c2ccc(OC)cc2)CC1. The molecule has 104 valence electrons. The largest absolute Gasteiger partial charge is 0.497 e. The van der Waals surface area contributed by atoms with Crippen LogP contribution >= 0.6 is 0 Å². The summed E-state index contributed by atoms with van der Waals surface area (Å²) in [5.74, 6) is 0.919. The molecule has 0 spiro atoms. The van der Waals surface area contributed by atoms with Crippen LogP contribution in [0.4, 0.5) is 0 Å². The maximum absolute atomic E-state index is 5.20. The molecule has 1 unspecified atom stereocenters. The number of methoxy groups -OCH3 is 1. The molecule has 1 saturated heterocycles. The number of nitrogens with zero attached hydrogens (tertiary/aromatic N) is 2. The lowest BCUT2D eigenvalue weighted by atomic mass is 10.1. The molecule has 0 saturated carbocycles. The lowest BCUT2D eigenvalue weighted by Gasteiger charge is -2.39. The van der Waals surface area contributed by atoms with E-state index in [0.717, 1.165) is 31.9 Å². The van der Waals surface area contributed by atoms with Crippen LogP contribution in [0.1, 0.15) is 25.5 Å². The molecule has 1 fully saturated rings. The Morgan fingerprint density at radius 1 is 1.16 bits per heavy atom. The summed E-state index contributed by atoms with van der Waals surface area (Å²) in [5.41, 5.74) is 2.53. The zero-order valence-corrected chi connectivity index (χ0v) is 12.2. The molecule has 1 heterocycles. The van der Waals surface area contributed by atoms with E-state index in [1.807, 2.05) is 12.1 Å². The average Bonchev–Trinajstić information content (AvgIpc) is 2.46. The molecule has 0 bridgehead atoms. The van der Waals surface area contributed by atoms with Crippen molar-refractivity contribution in [1.29, 1.82) is 0 Å². The summed E-state index contributed by atoms with van der Waals surface area (Å²) in [5, 5.41) is 0. The van der Waals surface area contributed by atoms with Crippen molar-refractivity contribution in [2.24, 2.45) is 0 Å². The monoisotopic (exact) mass is 260 g/mol. The van der Waals surface area contributed by atoms with E-state index >= 15 is 0 Å². The van der Waals surface area contributed by atoms with Gasteiger partial charge >= 0.3 is 0 Å². The third-order valence-electron chi connectivity index (χ3n) is 4.00. The van der Waals surface area contributed by atoms with Crippen molar-refractivity contribution in [3.63, 3.8) is 0 Å². The molecule has 1 aromatic rings. The summed E-state index contributed by atoms with van der Waals surface area (Å²) in [6.07, 6.45) is 0. The van der Waals surface area contributed by atoms with E-state index in [1.54, 1.807) is 7.11 Å². The second-order valence-corrected chi connectivity index (χ2v) is 5.21. The zero-order valence-electron chi connectivity index (χ0n) is 12.2. The first-order chi connectivity index (χ1) is 9.11. The fraction of sp³-hybridized carbons (Fsp3) is 0.500. The zero-order chi connectivity index (χ0) is 13.8. The second-order valence-electron chi connectivity index (χ2n) is 5.21. The maximum Gasteiger partial charge on any atom is 0.118 e. The van der Waals surface area contributed by atoms with Gasteiger partial charge in [-0.1, -0.05) is 18.7 Å². The first-order valence-electron chi connectivity index (χ1n) is 6.90. The van der Waals surface area contributed by atoms with Crippen LogP contribution < -0.4 is 4.74 Å². The van der Waals surface area contributed by atoms with Gasteiger partial charge in [0.2, 0.25) is 0 Å². The van der Waals surface area contributed by atoms with Crippen LogP contribution in [-0.2, 0) is 0 Å². The van der Waals surface area contributed by atoms with Crippen molar-refractivity contribution < 1.29 is 4.74 Å². The van der Waals surface area contributed by atoms with E-state index in [4.69, 9.17) is 4.74 Å². The molecule has 3 heteroatoms. The van der Waals surface area contributed by atoms with Gasteiger partial charge in [-0.25, -0.2) is 0 Å². The highest BCUT2D eigenvalue weighted by molar-refractivity contribution is 5.29. The van der Waals surface area contributed by atoms with Crippen LogP contribution in [0.15, 0.2) is 36.5 Å². The molecular formula is C16H24N2O. The van der Waals surface area contributed by atoms with E-state index in [-0.39, 0.29) is 0 Å². The highest BCUT2D eigenvalue weighted by atomic mass is 16.5. The van der Waals surface area contributed by atoms with Crippen LogP contribution in [0.2, 0.25) is 0 Å². The van der Waals surface area contributed by atoms with Gasteiger partial charge in [-0.15, -0.1) is 0 Å². The molecular weight excluding hydrogens is 236 g/mol. The average molecular weight is 260 g/mol. The Bertz CT molecular complexity index is 419. The van der Waals surface area contributed by atoms with Gasteiger partial charge in [0.25, 0.3) is 0 Å². The standard InChI is InChI=1S/C16H24N2O/c1-13(2)17-9-11-18(12-10-17)14(3)15-5-7-16(19-4)8-6-15/h5-8,14H,1,9-12H2,2-4H3. The summed E-state index contributed by atoms with van der Waals surface area (Å²) in [6.45, 7) is 12.7. The van der Waals surface area contributed by atoms with E-state index in [9.17, 15) is 0 Å². The van der Waals surface area contributed by atoms with E-state index in [2.05, 4.69) is 42.4 Å². The van der Waals surface area contributed by atoms with Crippen LogP contribution in [0.3, 0.4) is 0 Å². The summed E-state index contributed by atoms with van der Waals surface area (Å²) in [4.78, 5) is 4.89. The molecule has 1 aromatic carbocycles. The van der Waals surface area contributed by atoms with Gasteiger partial charge in [0.15, 0.2) is 0 Å². The van der Waals surface area contributed by atoms with E-state index < -0.39 is 0 Å². The quantitative estimate of drug-likeness (QED) is 0.828. The predicted octanol–water partition coefficient (Wildman–Crippen LogP) is 2.91. The Balaban J connectivity index is 1.96. The summed E-state index contributed by atoms with van der Waals surface area (Å²) in [7, 11) is 1.70. The Kier molecular flexibility index (Phi) is 4.48. The minimum Gasteiger partial charge on any atom is -0.497 e. The number of hydrogen-bond donors (Lipinski definition) is 0. The summed E-state index contributed by atoms with van der Waals surface area (Å²) in [6, 6.07) is 8.85. The number of hydrogen-bond acceptors (Lipinski definition) is 3. The Morgan fingerprint density at radius 3 is 2.21 bits per heavy atom. The van der Waals surface area contributed by atoms with Crippen molar-refractivity contribution in [1.82, 2.24) is 9.80 Å². The third kappa shape index (κ3) is 3.29. The number of rotatable bonds is 4. The second kappa shape index (κ2) is 6.11. The molecule has 0 radical (unpaired) electrons. The first-order valence-corrected chi connectivity index (χ1v) is 6.90. The number of piperazine rings is 1. The van der Waals surface area contributed by atoms with E-state index in [1.165, 1.54) is 11.3 Å². The van der Waals surface area contributed by atoms with Gasteiger partial charge in [-0.05, 0) is 31.5 Å². The minimum atomic E-state index is 0.457. The topological polar surface area (TPSA) is 15.7 Å². The van der Waals surface area contributed by atoms with Gasteiger partial charge < -0.3 is 9.64 Å². The van der Waals surface area contributed by atoms with Gasteiger partial charge in [0, 0.05) is 37.9 Å².